The van der Waals surface area contributed by atoms with Crippen LogP contribution in [0.15, 0.2) is 71.7 Å². The van der Waals surface area contributed by atoms with Crippen LogP contribution in [-0.2, 0) is 9.59 Å². The lowest BCUT2D eigenvalue weighted by molar-refractivity contribution is -0.126. The summed E-state index contributed by atoms with van der Waals surface area (Å²) in [5.41, 5.74) is 1.60. The largest absolute Gasteiger partial charge is 0.324 e. The monoisotopic (exact) mass is 414 g/mol. The predicted octanol–water partition coefficient (Wildman–Crippen LogP) is 4.74. The molecule has 0 atom stereocenters. The SMILES string of the molecule is O=C(CN1C(=O)/C(=C/C=C/c2ccccc2)SC1=S)Nc1cccc(Cl)c1. The first-order valence-electron chi connectivity index (χ1n) is 8.05. The lowest BCUT2D eigenvalue weighted by Gasteiger charge is -2.14. The number of hydrogen-bond donors (Lipinski definition) is 1. The average molecular weight is 415 g/mol. The van der Waals surface area contributed by atoms with Crippen molar-refractivity contribution in [1.29, 1.82) is 0 Å². The van der Waals surface area contributed by atoms with Gasteiger partial charge in [-0.1, -0.05) is 84.1 Å². The van der Waals surface area contributed by atoms with Crippen LogP contribution >= 0.6 is 35.6 Å². The van der Waals surface area contributed by atoms with Gasteiger partial charge >= 0.3 is 0 Å². The van der Waals surface area contributed by atoms with Crippen molar-refractivity contribution in [1.82, 2.24) is 4.90 Å². The van der Waals surface area contributed by atoms with Crippen molar-refractivity contribution in [3.8, 4) is 0 Å². The van der Waals surface area contributed by atoms with Crippen LogP contribution in [0, 0.1) is 0 Å². The number of hydrogen-bond acceptors (Lipinski definition) is 4. The fourth-order valence-corrected chi connectivity index (χ4v) is 3.77. The number of amides is 2. The molecule has 1 fully saturated rings. The number of rotatable bonds is 5. The Morgan fingerprint density at radius 1 is 1.19 bits per heavy atom. The Labute approximate surface area is 171 Å². The van der Waals surface area contributed by atoms with Crippen LogP contribution in [-0.4, -0.2) is 27.6 Å². The molecule has 0 bridgehead atoms. The first-order chi connectivity index (χ1) is 13.0. The number of nitrogens with zero attached hydrogens (tertiary/aromatic N) is 1. The van der Waals surface area contributed by atoms with Crippen LogP contribution in [0.2, 0.25) is 5.02 Å². The van der Waals surface area contributed by atoms with Crippen LogP contribution in [0.3, 0.4) is 0 Å². The van der Waals surface area contributed by atoms with E-state index in [1.165, 1.54) is 16.7 Å². The summed E-state index contributed by atoms with van der Waals surface area (Å²) in [7, 11) is 0. The smallest absolute Gasteiger partial charge is 0.266 e. The second kappa shape index (κ2) is 8.99. The van der Waals surface area contributed by atoms with Crippen molar-refractivity contribution in [2.75, 3.05) is 11.9 Å². The van der Waals surface area contributed by atoms with Gasteiger partial charge in [0.1, 0.15) is 10.9 Å². The van der Waals surface area contributed by atoms with E-state index in [4.69, 9.17) is 23.8 Å². The first kappa shape index (κ1) is 19.4. The molecule has 0 saturated carbocycles. The maximum Gasteiger partial charge on any atom is 0.266 e. The Bertz CT molecular complexity index is 942. The summed E-state index contributed by atoms with van der Waals surface area (Å²) in [5.74, 6) is -0.612. The topological polar surface area (TPSA) is 49.4 Å². The number of allylic oxidation sites excluding steroid dienone is 2. The first-order valence-corrected chi connectivity index (χ1v) is 9.66. The van der Waals surface area contributed by atoms with Gasteiger partial charge in [-0.05, 0) is 29.8 Å². The Morgan fingerprint density at radius 3 is 2.70 bits per heavy atom. The van der Waals surface area contributed by atoms with Gasteiger partial charge < -0.3 is 5.32 Å². The highest BCUT2D eigenvalue weighted by molar-refractivity contribution is 8.26. The molecule has 1 aliphatic heterocycles. The van der Waals surface area contributed by atoms with Gasteiger partial charge in [0, 0.05) is 10.7 Å². The highest BCUT2D eigenvalue weighted by Crippen LogP contribution is 2.30. The second-order valence-electron chi connectivity index (χ2n) is 5.62. The zero-order valence-corrected chi connectivity index (χ0v) is 16.5. The molecule has 0 spiro atoms. The van der Waals surface area contributed by atoms with Gasteiger partial charge in [-0.25, -0.2) is 0 Å². The third-order valence-corrected chi connectivity index (χ3v) is 5.25. The number of carbonyl (C=O) groups is 2. The molecule has 1 heterocycles. The fourth-order valence-electron chi connectivity index (χ4n) is 2.37. The molecule has 3 rings (SSSR count). The molecule has 2 aromatic rings. The highest BCUT2D eigenvalue weighted by Gasteiger charge is 2.33. The van der Waals surface area contributed by atoms with Crippen molar-refractivity contribution in [3.63, 3.8) is 0 Å². The summed E-state index contributed by atoms with van der Waals surface area (Å²) in [6.45, 7) is -0.142. The second-order valence-corrected chi connectivity index (χ2v) is 7.73. The number of thioether (sulfide) groups is 1. The van der Waals surface area contributed by atoms with E-state index < -0.39 is 0 Å². The van der Waals surface area contributed by atoms with Gasteiger partial charge in [0.25, 0.3) is 5.91 Å². The molecule has 4 nitrogen and oxygen atoms in total. The van der Waals surface area contributed by atoms with E-state index in [1.807, 2.05) is 36.4 Å². The van der Waals surface area contributed by atoms with Gasteiger partial charge in [-0.15, -0.1) is 0 Å². The summed E-state index contributed by atoms with van der Waals surface area (Å²) in [5, 5.41) is 3.23. The van der Waals surface area contributed by atoms with Crippen LogP contribution in [0.5, 0.6) is 0 Å². The van der Waals surface area contributed by atoms with E-state index in [2.05, 4.69) is 5.32 Å². The summed E-state index contributed by atoms with van der Waals surface area (Å²) in [6.07, 6.45) is 5.41. The maximum absolute atomic E-state index is 12.5. The zero-order chi connectivity index (χ0) is 19.2. The number of halogens is 1. The van der Waals surface area contributed by atoms with E-state index >= 15 is 0 Å². The summed E-state index contributed by atoms with van der Waals surface area (Å²) < 4.78 is 0.362. The molecule has 2 aromatic carbocycles. The van der Waals surface area contributed by atoms with E-state index in [9.17, 15) is 9.59 Å². The number of anilines is 1. The van der Waals surface area contributed by atoms with Crippen molar-refractivity contribution >= 4 is 63.5 Å². The molecule has 0 aromatic heterocycles. The van der Waals surface area contributed by atoms with Crippen molar-refractivity contribution in [2.24, 2.45) is 0 Å². The highest BCUT2D eigenvalue weighted by atomic mass is 35.5. The normalized spacial score (nSPS) is 15.7. The third-order valence-electron chi connectivity index (χ3n) is 3.62. The Kier molecular flexibility index (Phi) is 6.45. The van der Waals surface area contributed by atoms with Gasteiger partial charge in [0.2, 0.25) is 5.91 Å². The molecule has 7 heteroatoms. The minimum atomic E-state index is -0.338. The molecular formula is C20H15ClN2O2S2. The standard InChI is InChI=1S/C20H15ClN2O2S2/c21-15-9-5-10-16(12-15)22-18(24)13-23-19(25)17(27-20(23)26)11-4-8-14-6-2-1-3-7-14/h1-12H,13H2,(H,22,24)/b8-4+,17-11-. The number of thiocarbonyl (C=S) groups is 1. The van der Waals surface area contributed by atoms with Crippen molar-refractivity contribution in [3.05, 3.63) is 82.2 Å². The Balaban J connectivity index is 1.62. The molecule has 0 unspecified atom stereocenters. The van der Waals surface area contributed by atoms with E-state index in [0.29, 0.717) is 19.9 Å². The molecule has 136 valence electrons. The molecule has 0 aliphatic carbocycles. The van der Waals surface area contributed by atoms with Crippen LogP contribution in [0.1, 0.15) is 5.56 Å². The Morgan fingerprint density at radius 2 is 1.96 bits per heavy atom. The maximum atomic E-state index is 12.5. The van der Waals surface area contributed by atoms with Crippen LogP contribution < -0.4 is 5.32 Å². The predicted molar refractivity (Wildman–Crippen MR) is 116 cm³/mol. The molecule has 1 saturated heterocycles. The lowest BCUT2D eigenvalue weighted by atomic mass is 10.2. The minimum absolute atomic E-state index is 0.142. The van der Waals surface area contributed by atoms with Crippen LogP contribution in [0.25, 0.3) is 6.08 Å². The van der Waals surface area contributed by atoms with Gasteiger partial charge in [-0.3, -0.25) is 14.5 Å². The lowest BCUT2D eigenvalue weighted by Crippen LogP contribution is -2.36. The number of nitrogens with one attached hydrogen (secondary N) is 1. The third kappa shape index (κ3) is 5.29. The van der Waals surface area contributed by atoms with Crippen molar-refractivity contribution in [2.45, 2.75) is 0 Å². The van der Waals surface area contributed by atoms with E-state index in [-0.39, 0.29) is 18.4 Å². The van der Waals surface area contributed by atoms with Crippen molar-refractivity contribution < 1.29 is 9.59 Å². The van der Waals surface area contributed by atoms with Gasteiger partial charge in [-0.2, -0.15) is 0 Å². The van der Waals surface area contributed by atoms with Gasteiger partial charge in [0.05, 0.1) is 4.91 Å². The Hall–Kier alpha value is -2.41. The van der Waals surface area contributed by atoms with Crippen LogP contribution in [0.4, 0.5) is 5.69 Å². The summed E-state index contributed by atoms with van der Waals surface area (Å²) in [4.78, 5) is 26.5. The molecule has 1 aliphatic rings. The molecule has 2 amide bonds. The molecule has 1 N–H and O–H groups in total. The van der Waals surface area contributed by atoms with Gasteiger partial charge in [0.15, 0.2) is 0 Å². The molecular weight excluding hydrogens is 400 g/mol. The molecule has 0 radical (unpaired) electrons. The van der Waals surface area contributed by atoms with E-state index in [0.717, 1.165) is 5.56 Å². The molecule has 27 heavy (non-hydrogen) atoms. The number of carbonyl (C=O) groups excluding carboxylic acids is 2. The summed E-state index contributed by atoms with van der Waals surface area (Å²) >= 11 is 12.3. The fraction of sp³-hybridized carbons (Fsp3) is 0.0500. The van der Waals surface area contributed by atoms with E-state index in [1.54, 1.807) is 36.4 Å². The zero-order valence-electron chi connectivity index (χ0n) is 14.1. The minimum Gasteiger partial charge on any atom is -0.324 e. The average Bonchev–Trinajstić information content (AvgIpc) is 2.90. The summed E-state index contributed by atoms with van der Waals surface area (Å²) in [6, 6.07) is 16.6. The number of benzene rings is 2. The quantitative estimate of drug-likeness (QED) is 0.567.